The van der Waals surface area contributed by atoms with E-state index in [1.165, 1.54) is 12.4 Å². The minimum Gasteiger partial charge on any atom is -0.393 e. The number of thiocarbonyl (C=S) groups is 1. The van der Waals surface area contributed by atoms with E-state index < -0.39 is 23.6 Å². The van der Waals surface area contributed by atoms with E-state index in [-0.39, 0.29) is 0 Å². The van der Waals surface area contributed by atoms with E-state index in [0.717, 1.165) is 4.68 Å². The van der Waals surface area contributed by atoms with Crippen LogP contribution in [0.25, 0.3) is 0 Å². The monoisotopic (exact) mass is 301 g/mol. The average molecular weight is 302 g/mol. The summed E-state index contributed by atoms with van der Waals surface area (Å²) < 4.78 is 39.1. The average Bonchev–Trinajstić information content (AvgIpc) is 2.44. The van der Waals surface area contributed by atoms with Crippen LogP contribution in [0.4, 0.5) is 13.2 Å². The van der Waals surface area contributed by atoms with Gasteiger partial charge in [0.2, 0.25) is 0 Å². The maximum atomic E-state index is 12.4. The zero-order valence-corrected chi connectivity index (χ0v) is 9.73. The Morgan fingerprint density at radius 2 is 2.27 bits per heavy atom. The van der Waals surface area contributed by atoms with Gasteiger partial charge in [-0.1, -0.05) is 12.2 Å². The summed E-state index contributed by atoms with van der Waals surface area (Å²) in [7, 11) is 0. The fourth-order valence-electron chi connectivity index (χ4n) is 0.980. The van der Waals surface area contributed by atoms with Gasteiger partial charge in [0, 0.05) is 6.20 Å². The van der Waals surface area contributed by atoms with E-state index in [1.54, 1.807) is 0 Å². The molecule has 0 radical (unpaired) electrons. The Bertz CT molecular complexity index is 363. The largest absolute Gasteiger partial charge is 0.399 e. The van der Waals surface area contributed by atoms with Crippen molar-refractivity contribution in [3.05, 3.63) is 16.9 Å². The molecule has 1 aromatic rings. The van der Waals surface area contributed by atoms with Gasteiger partial charge in [-0.15, -0.1) is 0 Å². The minimum atomic E-state index is -4.44. The van der Waals surface area contributed by atoms with Crippen molar-refractivity contribution in [1.82, 2.24) is 9.78 Å². The Balaban J connectivity index is 2.81. The SMILES string of the molecule is NC(=S)C(Cn1cc(Br)cn1)C(F)(F)F. The molecule has 1 atom stereocenters. The van der Waals surface area contributed by atoms with Crippen LogP contribution in [0.15, 0.2) is 16.9 Å². The summed E-state index contributed by atoms with van der Waals surface area (Å²) in [4.78, 5) is -0.575. The molecule has 0 saturated heterocycles. The Hall–Kier alpha value is -0.630. The maximum absolute atomic E-state index is 12.4. The first-order valence-corrected chi connectivity index (χ1v) is 5.05. The van der Waals surface area contributed by atoms with Crippen LogP contribution in [0.5, 0.6) is 0 Å². The van der Waals surface area contributed by atoms with Crippen LogP contribution in [0.2, 0.25) is 0 Å². The number of halogens is 4. The molecule has 0 aromatic carbocycles. The molecule has 0 saturated carbocycles. The van der Waals surface area contributed by atoms with Crippen LogP contribution in [0, 0.1) is 5.92 Å². The van der Waals surface area contributed by atoms with Crippen LogP contribution in [-0.2, 0) is 6.54 Å². The van der Waals surface area contributed by atoms with E-state index in [1.807, 2.05) is 0 Å². The number of alkyl halides is 3. The second-order valence-corrected chi connectivity index (χ2v) is 4.26. The van der Waals surface area contributed by atoms with Crippen molar-refractivity contribution in [2.24, 2.45) is 11.7 Å². The van der Waals surface area contributed by atoms with Crippen molar-refractivity contribution in [1.29, 1.82) is 0 Å². The molecule has 3 nitrogen and oxygen atoms in total. The fraction of sp³-hybridized carbons (Fsp3) is 0.429. The quantitative estimate of drug-likeness (QED) is 0.870. The van der Waals surface area contributed by atoms with Crippen molar-refractivity contribution in [2.45, 2.75) is 12.7 Å². The Kier molecular flexibility index (Phi) is 3.72. The number of hydrogen-bond acceptors (Lipinski definition) is 2. The van der Waals surface area contributed by atoms with E-state index >= 15 is 0 Å². The smallest absolute Gasteiger partial charge is 0.393 e. The van der Waals surface area contributed by atoms with Gasteiger partial charge < -0.3 is 5.73 Å². The van der Waals surface area contributed by atoms with Crippen molar-refractivity contribution < 1.29 is 13.2 Å². The highest BCUT2D eigenvalue weighted by Gasteiger charge is 2.42. The first-order chi connectivity index (χ1) is 6.80. The highest BCUT2D eigenvalue weighted by molar-refractivity contribution is 9.10. The van der Waals surface area contributed by atoms with Crippen molar-refractivity contribution in [3.8, 4) is 0 Å². The maximum Gasteiger partial charge on any atom is 0.399 e. The van der Waals surface area contributed by atoms with E-state index in [4.69, 9.17) is 5.73 Å². The van der Waals surface area contributed by atoms with Crippen LogP contribution in [0.3, 0.4) is 0 Å². The molecule has 0 aliphatic heterocycles. The summed E-state index contributed by atoms with van der Waals surface area (Å²) in [6.45, 7) is -0.398. The normalized spacial score (nSPS) is 13.9. The molecule has 84 valence electrons. The zero-order chi connectivity index (χ0) is 11.6. The molecule has 0 amide bonds. The van der Waals surface area contributed by atoms with Gasteiger partial charge in [-0.05, 0) is 15.9 Å². The van der Waals surface area contributed by atoms with Crippen LogP contribution in [0.1, 0.15) is 0 Å². The van der Waals surface area contributed by atoms with Gasteiger partial charge >= 0.3 is 6.18 Å². The lowest BCUT2D eigenvalue weighted by Gasteiger charge is -2.18. The Labute approximate surface area is 97.6 Å². The molecule has 0 bridgehead atoms. The van der Waals surface area contributed by atoms with Crippen LogP contribution >= 0.6 is 28.1 Å². The van der Waals surface area contributed by atoms with E-state index in [0.29, 0.717) is 4.47 Å². The predicted molar refractivity (Wildman–Crippen MR) is 56.3 cm³/mol. The summed E-state index contributed by atoms with van der Waals surface area (Å²) in [5.41, 5.74) is 5.04. The third kappa shape index (κ3) is 3.45. The Morgan fingerprint density at radius 3 is 2.60 bits per heavy atom. The van der Waals surface area contributed by atoms with Crippen molar-refractivity contribution >= 4 is 33.1 Å². The topological polar surface area (TPSA) is 43.8 Å². The second-order valence-electron chi connectivity index (χ2n) is 2.88. The second kappa shape index (κ2) is 4.48. The number of nitrogens with zero attached hydrogens (tertiary/aromatic N) is 2. The zero-order valence-electron chi connectivity index (χ0n) is 7.33. The first-order valence-electron chi connectivity index (χ1n) is 3.84. The molecule has 1 rings (SSSR count). The molecule has 0 spiro atoms. The molecule has 0 aliphatic rings. The first kappa shape index (κ1) is 12.4. The molecule has 0 fully saturated rings. The van der Waals surface area contributed by atoms with Gasteiger partial charge in [0.15, 0.2) is 0 Å². The summed E-state index contributed by atoms with van der Waals surface area (Å²) in [6, 6.07) is 0. The number of hydrogen-bond donors (Lipinski definition) is 1. The van der Waals surface area contributed by atoms with Gasteiger partial charge in [0.1, 0.15) is 5.92 Å². The van der Waals surface area contributed by atoms with Gasteiger partial charge in [-0.25, -0.2) is 0 Å². The predicted octanol–water partition coefficient (Wildman–Crippen LogP) is 2.11. The molecule has 0 aliphatic carbocycles. The molecule has 15 heavy (non-hydrogen) atoms. The minimum absolute atomic E-state index is 0.398. The summed E-state index contributed by atoms with van der Waals surface area (Å²) in [5, 5.41) is 3.71. The number of aromatic nitrogens is 2. The summed E-state index contributed by atoms with van der Waals surface area (Å²) in [6.07, 6.45) is -1.62. The molecule has 1 aromatic heterocycles. The lowest BCUT2D eigenvalue weighted by molar-refractivity contribution is -0.158. The lowest BCUT2D eigenvalue weighted by Crippen LogP contribution is -2.37. The highest BCUT2D eigenvalue weighted by atomic mass is 79.9. The molecular formula is C7H7BrF3N3S. The molecule has 1 heterocycles. The summed E-state index contributed by atoms with van der Waals surface area (Å²) in [5.74, 6) is -1.85. The van der Waals surface area contributed by atoms with Gasteiger partial charge in [0.05, 0.1) is 22.2 Å². The van der Waals surface area contributed by atoms with Gasteiger partial charge in [-0.2, -0.15) is 18.3 Å². The molecule has 2 N–H and O–H groups in total. The van der Waals surface area contributed by atoms with Gasteiger partial charge in [-0.3, -0.25) is 4.68 Å². The standard InChI is InChI=1S/C7H7BrF3N3S/c8-4-1-13-14(2-4)3-5(6(12)15)7(9,10)11/h1-2,5H,3H2,(H2,12,15). The van der Waals surface area contributed by atoms with Crippen LogP contribution in [-0.4, -0.2) is 20.9 Å². The molecule has 1 unspecified atom stereocenters. The highest BCUT2D eigenvalue weighted by Crippen LogP contribution is 2.28. The third-order valence-corrected chi connectivity index (χ3v) is 2.40. The molecular weight excluding hydrogens is 295 g/mol. The fourth-order valence-corrected chi connectivity index (χ4v) is 1.52. The molecule has 8 heteroatoms. The number of rotatable bonds is 3. The van der Waals surface area contributed by atoms with Gasteiger partial charge in [0.25, 0.3) is 0 Å². The lowest BCUT2D eigenvalue weighted by atomic mass is 10.1. The van der Waals surface area contributed by atoms with Crippen molar-refractivity contribution in [2.75, 3.05) is 0 Å². The Morgan fingerprint density at radius 1 is 1.67 bits per heavy atom. The summed E-state index contributed by atoms with van der Waals surface area (Å²) >= 11 is 7.46. The van der Waals surface area contributed by atoms with Crippen LogP contribution < -0.4 is 5.73 Å². The van der Waals surface area contributed by atoms with E-state index in [2.05, 4.69) is 33.2 Å². The third-order valence-electron chi connectivity index (χ3n) is 1.71. The van der Waals surface area contributed by atoms with E-state index in [9.17, 15) is 13.2 Å². The number of nitrogens with two attached hydrogens (primary N) is 1. The van der Waals surface area contributed by atoms with Crippen molar-refractivity contribution in [3.63, 3.8) is 0 Å².